The maximum absolute atomic E-state index is 12.3. The topological polar surface area (TPSA) is 85.6 Å². The van der Waals surface area contributed by atoms with E-state index in [1.54, 1.807) is 23.7 Å². The van der Waals surface area contributed by atoms with Gasteiger partial charge in [-0.2, -0.15) is 0 Å². The summed E-state index contributed by atoms with van der Waals surface area (Å²) in [7, 11) is 0. The summed E-state index contributed by atoms with van der Waals surface area (Å²) < 4.78 is 3.09. The summed E-state index contributed by atoms with van der Waals surface area (Å²) in [5.41, 5.74) is 1.97. The highest BCUT2D eigenvalue weighted by Gasteiger charge is 2.22. The van der Waals surface area contributed by atoms with Crippen molar-refractivity contribution in [2.45, 2.75) is 43.1 Å². The van der Waals surface area contributed by atoms with Crippen molar-refractivity contribution in [3.8, 4) is 11.4 Å². The number of thiazole rings is 1. The van der Waals surface area contributed by atoms with E-state index >= 15 is 0 Å². The molecule has 4 rings (SSSR count). The molecule has 140 valence electrons. The van der Waals surface area contributed by atoms with Crippen LogP contribution in [-0.4, -0.2) is 42.4 Å². The van der Waals surface area contributed by atoms with Crippen molar-refractivity contribution in [1.82, 2.24) is 30.0 Å². The minimum absolute atomic E-state index is 0.0583. The van der Waals surface area contributed by atoms with Gasteiger partial charge in [0.05, 0.1) is 5.75 Å². The zero-order valence-electron chi connectivity index (χ0n) is 15.0. The van der Waals surface area contributed by atoms with Gasteiger partial charge in [0.1, 0.15) is 5.82 Å². The smallest absolute Gasteiger partial charge is 0.230 e. The molecule has 0 aromatic carbocycles. The maximum Gasteiger partial charge on any atom is 0.230 e. The molecule has 1 aliphatic rings. The number of nitrogens with one attached hydrogen (secondary N) is 1. The number of fused-ring (bicyclic) bond motifs is 1. The number of carbonyl (C=O) groups is 1. The van der Waals surface area contributed by atoms with E-state index in [4.69, 9.17) is 0 Å². The summed E-state index contributed by atoms with van der Waals surface area (Å²) >= 11 is 3.07. The standard InChI is InChI=1S/C18H20N6OS2/c1-12-10-26-18(20-12)27-11-16(25)21-14-4-5-15-22-23-17(24(15)8-6-14)13-3-2-7-19-9-13/h2-3,7,9-10,14H,4-6,8,11H2,1H3,(H,21,25). The van der Waals surface area contributed by atoms with Gasteiger partial charge in [-0.3, -0.25) is 9.78 Å². The van der Waals surface area contributed by atoms with Crippen LogP contribution in [0, 0.1) is 6.92 Å². The van der Waals surface area contributed by atoms with Crippen molar-refractivity contribution in [1.29, 1.82) is 0 Å². The zero-order valence-corrected chi connectivity index (χ0v) is 16.6. The Morgan fingerprint density at radius 2 is 2.33 bits per heavy atom. The number of nitrogens with zero attached hydrogens (tertiary/aromatic N) is 5. The molecule has 0 radical (unpaired) electrons. The molecule has 0 bridgehead atoms. The second-order valence-electron chi connectivity index (χ2n) is 6.47. The van der Waals surface area contributed by atoms with Gasteiger partial charge in [-0.1, -0.05) is 11.8 Å². The summed E-state index contributed by atoms with van der Waals surface area (Å²) in [5.74, 6) is 2.28. The van der Waals surface area contributed by atoms with Crippen LogP contribution in [0.1, 0.15) is 24.4 Å². The fraction of sp³-hybridized carbons (Fsp3) is 0.389. The molecule has 0 spiro atoms. The number of rotatable bonds is 5. The first kappa shape index (κ1) is 18.1. The fourth-order valence-corrected chi connectivity index (χ4v) is 4.80. The summed E-state index contributed by atoms with van der Waals surface area (Å²) in [5, 5.41) is 13.8. The number of aryl methyl sites for hydroxylation is 2. The molecule has 1 atom stereocenters. The molecule has 0 aliphatic carbocycles. The summed E-state index contributed by atoms with van der Waals surface area (Å²) in [6.45, 7) is 2.75. The maximum atomic E-state index is 12.3. The Morgan fingerprint density at radius 1 is 1.41 bits per heavy atom. The Hall–Kier alpha value is -2.26. The monoisotopic (exact) mass is 400 g/mol. The molecule has 4 heterocycles. The number of amides is 1. The number of carbonyl (C=O) groups excluding carboxylic acids is 1. The van der Waals surface area contributed by atoms with Crippen LogP contribution in [0.4, 0.5) is 0 Å². The lowest BCUT2D eigenvalue weighted by molar-refractivity contribution is -0.119. The van der Waals surface area contributed by atoms with E-state index in [2.05, 4.69) is 30.0 Å². The number of thioether (sulfide) groups is 1. The zero-order chi connectivity index (χ0) is 18.6. The number of aromatic nitrogens is 5. The normalized spacial score (nSPS) is 16.6. The lowest BCUT2D eigenvalue weighted by Gasteiger charge is -2.16. The molecule has 3 aromatic heterocycles. The minimum Gasteiger partial charge on any atom is -0.353 e. The van der Waals surface area contributed by atoms with E-state index in [1.165, 1.54) is 11.8 Å². The second kappa shape index (κ2) is 8.18. The number of pyridine rings is 1. The molecule has 0 fully saturated rings. The van der Waals surface area contributed by atoms with E-state index < -0.39 is 0 Å². The molecule has 3 aromatic rings. The molecular formula is C18H20N6OS2. The van der Waals surface area contributed by atoms with Crippen LogP contribution in [0.5, 0.6) is 0 Å². The van der Waals surface area contributed by atoms with Crippen molar-refractivity contribution in [3.63, 3.8) is 0 Å². The van der Waals surface area contributed by atoms with E-state index in [0.29, 0.717) is 5.75 Å². The van der Waals surface area contributed by atoms with Crippen molar-refractivity contribution < 1.29 is 4.79 Å². The second-order valence-corrected chi connectivity index (χ2v) is 8.55. The minimum atomic E-state index is 0.0583. The third-order valence-corrected chi connectivity index (χ3v) is 6.59. The van der Waals surface area contributed by atoms with Gasteiger partial charge >= 0.3 is 0 Å². The largest absolute Gasteiger partial charge is 0.353 e. The van der Waals surface area contributed by atoms with Crippen molar-refractivity contribution in [2.24, 2.45) is 0 Å². The third-order valence-electron chi connectivity index (χ3n) is 4.45. The molecule has 1 amide bonds. The van der Waals surface area contributed by atoms with Gasteiger partial charge in [0, 0.05) is 48.0 Å². The number of hydrogen-bond donors (Lipinski definition) is 1. The molecule has 7 nitrogen and oxygen atoms in total. The Kier molecular flexibility index (Phi) is 5.49. The van der Waals surface area contributed by atoms with Crippen LogP contribution in [-0.2, 0) is 17.8 Å². The predicted molar refractivity (Wildman–Crippen MR) is 106 cm³/mol. The van der Waals surface area contributed by atoms with Gasteiger partial charge in [0.2, 0.25) is 5.91 Å². The van der Waals surface area contributed by atoms with Crippen LogP contribution in [0.25, 0.3) is 11.4 Å². The Labute approximate surface area is 165 Å². The first-order chi connectivity index (χ1) is 13.2. The first-order valence-electron chi connectivity index (χ1n) is 8.86. The highest BCUT2D eigenvalue weighted by Crippen LogP contribution is 2.23. The van der Waals surface area contributed by atoms with Crippen molar-refractivity contribution >= 4 is 29.0 Å². The molecule has 1 unspecified atom stereocenters. The van der Waals surface area contributed by atoms with Gasteiger partial charge in [-0.25, -0.2) is 4.98 Å². The third kappa shape index (κ3) is 4.36. The quantitative estimate of drug-likeness (QED) is 0.663. The highest BCUT2D eigenvalue weighted by atomic mass is 32.2. The Morgan fingerprint density at radius 3 is 3.11 bits per heavy atom. The van der Waals surface area contributed by atoms with Crippen molar-refractivity contribution in [2.75, 3.05) is 5.75 Å². The molecule has 9 heteroatoms. The van der Waals surface area contributed by atoms with E-state index in [-0.39, 0.29) is 11.9 Å². The Balaban J connectivity index is 1.35. The number of hydrogen-bond acceptors (Lipinski definition) is 7. The molecular weight excluding hydrogens is 380 g/mol. The average molecular weight is 401 g/mol. The fourth-order valence-electron chi connectivity index (χ4n) is 3.14. The SMILES string of the molecule is Cc1csc(SCC(=O)NC2CCc3nnc(-c4cccnc4)n3CC2)n1. The van der Waals surface area contributed by atoms with Crippen LogP contribution in [0.3, 0.4) is 0 Å². The molecule has 1 aliphatic heterocycles. The van der Waals surface area contributed by atoms with Crippen LogP contribution in [0.15, 0.2) is 34.2 Å². The summed E-state index contributed by atoms with van der Waals surface area (Å²) in [4.78, 5) is 20.9. The predicted octanol–water partition coefficient (Wildman–Crippen LogP) is 2.72. The summed E-state index contributed by atoms with van der Waals surface area (Å²) in [6, 6.07) is 4.05. The van der Waals surface area contributed by atoms with Gasteiger partial charge in [-0.05, 0) is 31.9 Å². The van der Waals surface area contributed by atoms with E-state index in [9.17, 15) is 4.79 Å². The van der Waals surface area contributed by atoms with E-state index in [1.807, 2.05) is 24.4 Å². The van der Waals surface area contributed by atoms with Crippen LogP contribution in [0.2, 0.25) is 0 Å². The average Bonchev–Trinajstić information content (AvgIpc) is 3.23. The lowest BCUT2D eigenvalue weighted by Crippen LogP contribution is -2.36. The van der Waals surface area contributed by atoms with Crippen LogP contribution >= 0.6 is 23.1 Å². The molecule has 27 heavy (non-hydrogen) atoms. The Bertz CT molecular complexity index is 923. The first-order valence-corrected chi connectivity index (χ1v) is 10.7. The molecule has 0 saturated carbocycles. The lowest BCUT2D eigenvalue weighted by atomic mass is 10.1. The van der Waals surface area contributed by atoms with E-state index in [0.717, 1.165) is 53.1 Å². The molecule has 1 N–H and O–H groups in total. The summed E-state index contributed by atoms with van der Waals surface area (Å²) in [6.07, 6.45) is 6.10. The van der Waals surface area contributed by atoms with Crippen molar-refractivity contribution in [3.05, 3.63) is 41.4 Å². The van der Waals surface area contributed by atoms with Gasteiger partial charge < -0.3 is 9.88 Å². The molecule has 0 saturated heterocycles. The van der Waals surface area contributed by atoms with Crippen LogP contribution < -0.4 is 5.32 Å². The van der Waals surface area contributed by atoms with Gasteiger partial charge in [-0.15, -0.1) is 21.5 Å². The van der Waals surface area contributed by atoms with Gasteiger partial charge in [0.15, 0.2) is 10.2 Å². The van der Waals surface area contributed by atoms with Gasteiger partial charge in [0.25, 0.3) is 0 Å². The highest BCUT2D eigenvalue weighted by molar-refractivity contribution is 8.01.